The third kappa shape index (κ3) is 1.42. The van der Waals surface area contributed by atoms with Crippen molar-refractivity contribution in [2.24, 2.45) is 5.92 Å². The Bertz CT molecular complexity index is 442. The first-order chi connectivity index (χ1) is 7.52. The molecule has 1 aliphatic rings. The van der Waals surface area contributed by atoms with Gasteiger partial charge in [-0.15, -0.1) is 0 Å². The Balaban J connectivity index is 2.43. The summed E-state index contributed by atoms with van der Waals surface area (Å²) in [4.78, 5) is 11.8. The van der Waals surface area contributed by atoms with E-state index in [0.29, 0.717) is 5.56 Å². The smallest absolute Gasteiger partial charge is 0.316 e. The number of methoxy groups -OCH3 is 1. The van der Waals surface area contributed by atoms with Crippen LogP contribution < -0.4 is 0 Å². The van der Waals surface area contributed by atoms with Gasteiger partial charge in [-0.25, -0.2) is 4.39 Å². The van der Waals surface area contributed by atoms with Crippen LogP contribution in [0.15, 0.2) is 18.2 Å². The average molecular weight is 222 g/mol. The predicted molar refractivity (Wildman–Crippen MR) is 58.6 cm³/mol. The molecule has 1 fully saturated rings. The van der Waals surface area contributed by atoms with E-state index in [4.69, 9.17) is 4.74 Å². The van der Waals surface area contributed by atoms with Gasteiger partial charge >= 0.3 is 5.97 Å². The quantitative estimate of drug-likeness (QED) is 0.719. The van der Waals surface area contributed by atoms with Crippen molar-refractivity contribution in [3.05, 3.63) is 35.1 Å². The highest BCUT2D eigenvalue weighted by Crippen LogP contribution is 2.54. The largest absolute Gasteiger partial charge is 0.468 e. The molecule has 3 heteroatoms. The zero-order valence-corrected chi connectivity index (χ0v) is 9.71. The topological polar surface area (TPSA) is 26.3 Å². The van der Waals surface area contributed by atoms with E-state index in [1.54, 1.807) is 19.1 Å². The van der Waals surface area contributed by atoms with Gasteiger partial charge in [-0.2, -0.15) is 0 Å². The van der Waals surface area contributed by atoms with E-state index in [9.17, 15) is 9.18 Å². The molecule has 0 bridgehead atoms. The maximum atomic E-state index is 13.2. The Morgan fingerprint density at radius 3 is 2.62 bits per heavy atom. The number of hydrogen-bond acceptors (Lipinski definition) is 2. The van der Waals surface area contributed by atoms with E-state index in [-0.39, 0.29) is 17.7 Å². The molecule has 1 aliphatic carbocycles. The number of rotatable bonds is 2. The first kappa shape index (κ1) is 11.1. The summed E-state index contributed by atoms with van der Waals surface area (Å²) >= 11 is 0. The molecule has 2 rings (SSSR count). The van der Waals surface area contributed by atoms with Crippen LogP contribution in [0.25, 0.3) is 0 Å². The minimum absolute atomic E-state index is 0.217. The van der Waals surface area contributed by atoms with Crippen LogP contribution in [-0.4, -0.2) is 13.1 Å². The summed E-state index contributed by atoms with van der Waals surface area (Å²) in [6, 6.07) is 4.85. The average Bonchev–Trinajstić information content (AvgIpc) is 2.94. The second kappa shape index (κ2) is 3.58. The summed E-state index contributed by atoms with van der Waals surface area (Å²) in [7, 11) is 1.39. The molecule has 0 heterocycles. The first-order valence-electron chi connectivity index (χ1n) is 5.37. The number of benzene rings is 1. The summed E-state index contributed by atoms with van der Waals surface area (Å²) < 4.78 is 18.0. The summed E-state index contributed by atoms with van der Waals surface area (Å²) in [6.45, 7) is 3.71. The number of carbonyl (C=O) groups excluding carboxylic acids is 1. The van der Waals surface area contributed by atoms with Crippen molar-refractivity contribution in [2.45, 2.75) is 25.7 Å². The zero-order chi connectivity index (χ0) is 11.9. The van der Waals surface area contributed by atoms with Gasteiger partial charge in [0.2, 0.25) is 0 Å². The second-order valence-corrected chi connectivity index (χ2v) is 4.53. The standard InChI is InChI=1S/C13H15FO2/c1-8-6-10(4-5-11(8)14)13(7-9(13)2)12(15)16-3/h4-6,9H,7H2,1-3H3. The highest BCUT2D eigenvalue weighted by atomic mass is 19.1. The summed E-state index contributed by atoms with van der Waals surface area (Å²) in [5, 5.41) is 0. The Morgan fingerprint density at radius 1 is 1.56 bits per heavy atom. The van der Waals surface area contributed by atoms with Gasteiger partial charge in [-0.1, -0.05) is 19.1 Å². The molecule has 2 atom stereocenters. The van der Waals surface area contributed by atoms with Gasteiger partial charge in [0.05, 0.1) is 12.5 Å². The number of esters is 1. The Kier molecular flexibility index (Phi) is 2.49. The Morgan fingerprint density at radius 2 is 2.19 bits per heavy atom. The van der Waals surface area contributed by atoms with E-state index < -0.39 is 5.41 Å². The van der Waals surface area contributed by atoms with E-state index in [1.165, 1.54) is 13.2 Å². The lowest BCUT2D eigenvalue weighted by atomic mass is 9.92. The lowest BCUT2D eigenvalue weighted by Gasteiger charge is -2.15. The molecule has 0 saturated heterocycles. The molecule has 2 unspecified atom stereocenters. The fourth-order valence-electron chi connectivity index (χ4n) is 2.33. The molecule has 2 nitrogen and oxygen atoms in total. The van der Waals surface area contributed by atoms with Gasteiger partial charge < -0.3 is 4.74 Å². The summed E-state index contributed by atoms with van der Waals surface area (Å²) in [5.74, 6) is -0.187. The molecule has 0 spiro atoms. The van der Waals surface area contributed by atoms with Gasteiger partial charge in [-0.3, -0.25) is 4.79 Å². The molecule has 0 N–H and O–H groups in total. The highest BCUT2D eigenvalue weighted by Gasteiger charge is 2.59. The number of aryl methyl sites for hydroxylation is 1. The molecular formula is C13H15FO2. The van der Waals surface area contributed by atoms with Crippen LogP contribution in [0.3, 0.4) is 0 Å². The summed E-state index contributed by atoms with van der Waals surface area (Å²) in [6.07, 6.45) is 0.782. The van der Waals surface area contributed by atoms with Gasteiger partial charge in [0.1, 0.15) is 5.82 Å². The van der Waals surface area contributed by atoms with Crippen LogP contribution in [0.5, 0.6) is 0 Å². The minimum atomic E-state index is -0.535. The van der Waals surface area contributed by atoms with E-state index in [0.717, 1.165) is 12.0 Å². The maximum Gasteiger partial charge on any atom is 0.316 e. The number of ether oxygens (including phenoxy) is 1. The molecule has 1 aromatic carbocycles. The van der Waals surface area contributed by atoms with Crippen LogP contribution >= 0.6 is 0 Å². The van der Waals surface area contributed by atoms with Crippen LogP contribution in [0.1, 0.15) is 24.5 Å². The molecule has 0 amide bonds. The molecule has 16 heavy (non-hydrogen) atoms. The molecule has 0 radical (unpaired) electrons. The number of carbonyl (C=O) groups is 1. The third-order valence-electron chi connectivity index (χ3n) is 3.53. The molecule has 1 aromatic rings. The van der Waals surface area contributed by atoms with Crippen molar-refractivity contribution in [1.29, 1.82) is 0 Å². The maximum absolute atomic E-state index is 13.2. The van der Waals surface area contributed by atoms with Gasteiger partial charge in [-0.05, 0) is 36.5 Å². The van der Waals surface area contributed by atoms with Crippen molar-refractivity contribution in [2.75, 3.05) is 7.11 Å². The number of hydrogen-bond donors (Lipinski definition) is 0. The van der Waals surface area contributed by atoms with Crippen molar-refractivity contribution < 1.29 is 13.9 Å². The molecular weight excluding hydrogens is 207 g/mol. The Labute approximate surface area is 94.4 Å². The predicted octanol–water partition coefficient (Wildman–Crippen LogP) is 2.58. The monoisotopic (exact) mass is 222 g/mol. The molecule has 86 valence electrons. The fraction of sp³-hybridized carbons (Fsp3) is 0.462. The Hall–Kier alpha value is -1.38. The zero-order valence-electron chi connectivity index (χ0n) is 9.71. The lowest BCUT2D eigenvalue weighted by molar-refractivity contribution is -0.144. The van der Waals surface area contributed by atoms with Crippen molar-refractivity contribution in [3.63, 3.8) is 0 Å². The van der Waals surface area contributed by atoms with E-state index in [2.05, 4.69) is 0 Å². The molecule has 0 aliphatic heterocycles. The van der Waals surface area contributed by atoms with Crippen LogP contribution in [0.2, 0.25) is 0 Å². The SMILES string of the molecule is COC(=O)C1(c2ccc(F)c(C)c2)CC1C. The van der Waals surface area contributed by atoms with Gasteiger partial charge in [0.25, 0.3) is 0 Å². The van der Waals surface area contributed by atoms with Crippen molar-refractivity contribution in [3.8, 4) is 0 Å². The third-order valence-corrected chi connectivity index (χ3v) is 3.53. The van der Waals surface area contributed by atoms with E-state index in [1.807, 2.05) is 6.92 Å². The normalized spacial score (nSPS) is 27.6. The minimum Gasteiger partial charge on any atom is -0.468 e. The van der Waals surface area contributed by atoms with E-state index >= 15 is 0 Å². The van der Waals surface area contributed by atoms with Gasteiger partial charge in [0, 0.05) is 0 Å². The number of halogens is 1. The van der Waals surface area contributed by atoms with Crippen LogP contribution in [0.4, 0.5) is 4.39 Å². The fourth-order valence-corrected chi connectivity index (χ4v) is 2.33. The van der Waals surface area contributed by atoms with Gasteiger partial charge in [0.15, 0.2) is 0 Å². The second-order valence-electron chi connectivity index (χ2n) is 4.53. The molecule has 1 saturated carbocycles. The highest BCUT2D eigenvalue weighted by molar-refractivity contribution is 5.87. The summed E-state index contributed by atoms with van der Waals surface area (Å²) in [5.41, 5.74) is 0.901. The van der Waals surface area contributed by atoms with Crippen molar-refractivity contribution in [1.82, 2.24) is 0 Å². The molecule has 0 aromatic heterocycles. The van der Waals surface area contributed by atoms with Crippen LogP contribution in [0, 0.1) is 18.7 Å². The lowest BCUT2D eigenvalue weighted by Crippen LogP contribution is -2.24. The van der Waals surface area contributed by atoms with Crippen molar-refractivity contribution >= 4 is 5.97 Å². The first-order valence-corrected chi connectivity index (χ1v) is 5.37. The van der Waals surface area contributed by atoms with Crippen LogP contribution in [-0.2, 0) is 14.9 Å².